The topological polar surface area (TPSA) is 64.1 Å². The van der Waals surface area contributed by atoms with E-state index in [0.29, 0.717) is 42.6 Å². The molecule has 1 unspecified atom stereocenters. The van der Waals surface area contributed by atoms with Gasteiger partial charge in [0.15, 0.2) is 0 Å². The van der Waals surface area contributed by atoms with Crippen molar-refractivity contribution in [3.63, 3.8) is 0 Å². The highest BCUT2D eigenvalue weighted by Gasteiger charge is 2.26. The van der Waals surface area contributed by atoms with Crippen molar-refractivity contribution in [1.82, 2.24) is 14.7 Å². The number of hydrogen-bond acceptors (Lipinski definition) is 4. The minimum absolute atomic E-state index is 0.0773. The maximum Gasteiger partial charge on any atom is 0.246 e. The van der Waals surface area contributed by atoms with E-state index in [0.717, 1.165) is 31.5 Å². The lowest BCUT2D eigenvalue weighted by molar-refractivity contribution is -0.130. The smallest absolute Gasteiger partial charge is 0.246 e. The number of amides is 2. The van der Waals surface area contributed by atoms with Crippen LogP contribution in [0.5, 0.6) is 0 Å². The Morgan fingerprint density at radius 1 is 1.14 bits per heavy atom. The lowest BCUT2D eigenvalue weighted by Gasteiger charge is -2.27. The normalized spacial score (nSPS) is 21.2. The summed E-state index contributed by atoms with van der Waals surface area (Å²) in [7, 11) is 0. The van der Waals surface area contributed by atoms with Crippen molar-refractivity contribution < 1.29 is 14.7 Å². The Balaban J connectivity index is 1.52. The molecule has 0 bridgehead atoms. The third-order valence-corrected chi connectivity index (χ3v) is 6.37. The summed E-state index contributed by atoms with van der Waals surface area (Å²) in [4.78, 5) is 30.8. The second-order valence-corrected chi connectivity index (χ2v) is 8.29. The summed E-state index contributed by atoms with van der Waals surface area (Å²) in [5.74, 6) is -0.0425. The van der Waals surface area contributed by atoms with Crippen molar-refractivity contribution in [2.24, 2.45) is 0 Å². The van der Waals surface area contributed by atoms with Crippen molar-refractivity contribution in [1.29, 1.82) is 0 Å². The maximum absolute atomic E-state index is 12.6. The number of rotatable bonds is 6. The Morgan fingerprint density at radius 3 is 2.72 bits per heavy atom. The standard InChI is InChI=1S/C21H27Cl2N3O3/c22-18-5-3-16(14-19(18)23)4-6-20(28)25-9-7-21(29)26(13-12-25)11-10-24-8-1-2-17(24)15-27/h3-6,14,17,27H,1-2,7-13,15H2/b6-4+. The summed E-state index contributed by atoms with van der Waals surface area (Å²) in [6.45, 7) is 4.00. The van der Waals surface area contributed by atoms with E-state index in [1.54, 1.807) is 29.2 Å². The minimum Gasteiger partial charge on any atom is -0.395 e. The number of carbonyl (C=O) groups is 2. The molecule has 0 saturated carbocycles. The van der Waals surface area contributed by atoms with Gasteiger partial charge in [-0.2, -0.15) is 0 Å². The zero-order valence-electron chi connectivity index (χ0n) is 16.4. The van der Waals surface area contributed by atoms with Crippen molar-refractivity contribution in [3.8, 4) is 0 Å². The summed E-state index contributed by atoms with van der Waals surface area (Å²) in [5, 5.41) is 10.4. The van der Waals surface area contributed by atoms with Crippen LogP contribution < -0.4 is 0 Å². The molecule has 0 radical (unpaired) electrons. The molecule has 0 spiro atoms. The number of halogens is 2. The first-order valence-electron chi connectivity index (χ1n) is 10.0. The third kappa shape index (κ3) is 5.95. The van der Waals surface area contributed by atoms with Crippen LogP contribution in [0.3, 0.4) is 0 Å². The van der Waals surface area contributed by atoms with Crippen LogP contribution >= 0.6 is 23.2 Å². The molecule has 2 amide bonds. The molecule has 29 heavy (non-hydrogen) atoms. The van der Waals surface area contributed by atoms with Crippen molar-refractivity contribution >= 4 is 41.1 Å². The molecule has 1 N–H and O–H groups in total. The van der Waals surface area contributed by atoms with E-state index in [1.165, 1.54) is 6.08 Å². The van der Waals surface area contributed by atoms with Gasteiger partial charge >= 0.3 is 0 Å². The molecule has 0 aromatic heterocycles. The SMILES string of the molecule is O=C(/C=C/c1ccc(Cl)c(Cl)c1)N1CCC(=O)N(CCN2CCCC2CO)CC1. The molecule has 8 heteroatoms. The van der Waals surface area contributed by atoms with Crippen LogP contribution in [0.1, 0.15) is 24.8 Å². The molecule has 0 aliphatic carbocycles. The zero-order chi connectivity index (χ0) is 20.8. The molecular weight excluding hydrogens is 413 g/mol. The summed E-state index contributed by atoms with van der Waals surface area (Å²) in [6.07, 6.45) is 5.65. The van der Waals surface area contributed by atoms with Gasteiger partial charge in [0.2, 0.25) is 11.8 Å². The second kappa shape index (κ2) is 10.4. The van der Waals surface area contributed by atoms with Crippen molar-refractivity contribution in [2.75, 3.05) is 45.9 Å². The van der Waals surface area contributed by atoms with Gasteiger partial charge in [-0.05, 0) is 43.2 Å². The van der Waals surface area contributed by atoms with Crippen LogP contribution in [-0.4, -0.2) is 83.5 Å². The molecule has 1 aromatic carbocycles. The van der Waals surface area contributed by atoms with Gasteiger partial charge in [-0.1, -0.05) is 29.3 Å². The number of carbonyl (C=O) groups excluding carboxylic acids is 2. The number of likely N-dealkylation sites (tertiary alicyclic amines) is 1. The second-order valence-electron chi connectivity index (χ2n) is 7.48. The Kier molecular flexibility index (Phi) is 7.95. The van der Waals surface area contributed by atoms with E-state index in [4.69, 9.17) is 23.2 Å². The summed E-state index contributed by atoms with van der Waals surface area (Å²) in [6, 6.07) is 5.41. The fourth-order valence-corrected chi connectivity index (χ4v) is 4.16. The number of hydrogen-bond donors (Lipinski definition) is 1. The monoisotopic (exact) mass is 439 g/mol. The van der Waals surface area contributed by atoms with E-state index >= 15 is 0 Å². The van der Waals surface area contributed by atoms with Crippen molar-refractivity contribution in [2.45, 2.75) is 25.3 Å². The first kappa shape index (κ1) is 22.1. The van der Waals surface area contributed by atoms with E-state index < -0.39 is 0 Å². The third-order valence-electron chi connectivity index (χ3n) is 5.63. The largest absolute Gasteiger partial charge is 0.395 e. The number of nitrogens with zero attached hydrogens (tertiary/aromatic N) is 3. The van der Waals surface area contributed by atoms with Gasteiger partial charge < -0.3 is 14.9 Å². The molecule has 158 valence electrons. The molecule has 2 heterocycles. The van der Waals surface area contributed by atoms with Gasteiger partial charge in [-0.25, -0.2) is 0 Å². The van der Waals surface area contributed by atoms with Crippen LogP contribution in [0.15, 0.2) is 24.3 Å². The zero-order valence-corrected chi connectivity index (χ0v) is 17.9. The number of aliphatic hydroxyl groups excluding tert-OH is 1. The van der Waals surface area contributed by atoms with E-state index in [-0.39, 0.29) is 24.5 Å². The molecule has 2 aliphatic rings. The van der Waals surface area contributed by atoms with Crippen LogP contribution in [0.2, 0.25) is 10.0 Å². The Bertz CT molecular complexity index is 772. The molecule has 2 aliphatic heterocycles. The van der Waals surface area contributed by atoms with Gasteiger partial charge in [-0.3, -0.25) is 14.5 Å². The fraction of sp³-hybridized carbons (Fsp3) is 0.524. The highest BCUT2D eigenvalue weighted by molar-refractivity contribution is 6.42. The average molecular weight is 440 g/mol. The van der Waals surface area contributed by atoms with Gasteiger partial charge in [0.05, 0.1) is 16.7 Å². The minimum atomic E-state index is -0.120. The summed E-state index contributed by atoms with van der Waals surface area (Å²) < 4.78 is 0. The van der Waals surface area contributed by atoms with Crippen LogP contribution in [0.4, 0.5) is 0 Å². The first-order chi connectivity index (χ1) is 14.0. The highest BCUT2D eigenvalue weighted by Crippen LogP contribution is 2.23. The summed E-state index contributed by atoms with van der Waals surface area (Å²) in [5.41, 5.74) is 0.796. The quantitative estimate of drug-likeness (QED) is 0.691. The molecule has 1 aromatic rings. The van der Waals surface area contributed by atoms with Crippen LogP contribution in [0, 0.1) is 0 Å². The lowest BCUT2D eigenvalue weighted by Crippen LogP contribution is -2.42. The molecule has 6 nitrogen and oxygen atoms in total. The van der Waals surface area contributed by atoms with Gasteiger partial charge in [0, 0.05) is 51.3 Å². The number of benzene rings is 1. The highest BCUT2D eigenvalue weighted by atomic mass is 35.5. The molecule has 3 rings (SSSR count). The van der Waals surface area contributed by atoms with E-state index in [2.05, 4.69) is 4.90 Å². The fourth-order valence-electron chi connectivity index (χ4n) is 3.86. The Hall–Kier alpha value is -1.60. The number of aliphatic hydroxyl groups is 1. The molecule has 2 fully saturated rings. The van der Waals surface area contributed by atoms with Gasteiger partial charge in [-0.15, -0.1) is 0 Å². The predicted molar refractivity (Wildman–Crippen MR) is 115 cm³/mol. The maximum atomic E-state index is 12.6. The van der Waals surface area contributed by atoms with Gasteiger partial charge in [0.25, 0.3) is 0 Å². The Labute approximate surface area is 181 Å². The predicted octanol–water partition coefficient (Wildman–Crippen LogP) is 2.52. The van der Waals surface area contributed by atoms with E-state index in [9.17, 15) is 14.7 Å². The van der Waals surface area contributed by atoms with Crippen LogP contribution in [-0.2, 0) is 9.59 Å². The van der Waals surface area contributed by atoms with Crippen LogP contribution in [0.25, 0.3) is 6.08 Å². The van der Waals surface area contributed by atoms with E-state index in [1.807, 2.05) is 4.90 Å². The average Bonchev–Trinajstić information content (AvgIpc) is 3.09. The molecule has 1 atom stereocenters. The first-order valence-corrected chi connectivity index (χ1v) is 10.8. The molecule has 2 saturated heterocycles. The lowest BCUT2D eigenvalue weighted by atomic mass is 10.2. The Morgan fingerprint density at radius 2 is 1.97 bits per heavy atom. The summed E-state index contributed by atoms with van der Waals surface area (Å²) >= 11 is 11.9. The van der Waals surface area contributed by atoms with Gasteiger partial charge in [0.1, 0.15) is 0 Å². The molecular formula is C21H27Cl2N3O3. The van der Waals surface area contributed by atoms with Crippen molar-refractivity contribution in [3.05, 3.63) is 39.9 Å².